The second-order valence-corrected chi connectivity index (χ2v) is 7.81. The third kappa shape index (κ3) is 3.25. The minimum atomic E-state index is -0.00786. The third-order valence-corrected chi connectivity index (χ3v) is 6.02. The van der Waals surface area contributed by atoms with Crippen LogP contribution in [0.15, 0.2) is 42.5 Å². The van der Waals surface area contributed by atoms with Gasteiger partial charge in [0.15, 0.2) is 11.6 Å². The van der Waals surface area contributed by atoms with Gasteiger partial charge in [0.25, 0.3) is 0 Å². The zero-order chi connectivity index (χ0) is 17.9. The summed E-state index contributed by atoms with van der Waals surface area (Å²) in [5, 5.41) is 0. The van der Waals surface area contributed by atoms with E-state index < -0.39 is 0 Å². The molecule has 2 nitrogen and oxygen atoms in total. The van der Waals surface area contributed by atoms with Crippen LogP contribution in [0.5, 0.6) is 0 Å². The maximum Gasteiger partial charge on any atom is 0.194 e. The quantitative estimate of drug-likeness (QED) is 0.591. The summed E-state index contributed by atoms with van der Waals surface area (Å²) in [4.78, 5) is 26.0. The Kier molecular flexibility index (Phi) is 5.01. The maximum absolute atomic E-state index is 13.1. The third-order valence-electron chi connectivity index (χ3n) is 6.02. The van der Waals surface area contributed by atoms with E-state index in [0.717, 1.165) is 12.0 Å². The van der Waals surface area contributed by atoms with Crippen LogP contribution in [0.4, 0.5) is 0 Å². The lowest BCUT2D eigenvalue weighted by molar-refractivity contribution is 0.0978. The molecule has 4 rings (SSSR count). The van der Waals surface area contributed by atoms with E-state index in [2.05, 4.69) is 6.07 Å². The van der Waals surface area contributed by atoms with Crippen molar-refractivity contribution in [3.05, 3.63) is 70.3 Å². The number of hydrogen-bond donors (Lipinski definition) is 0. The first-order chi connectivity index (χ1) is 12.8. The topological polar surface area (TPSA) is 34.1 Å². The highest BCUT2D eigenvalue weighted by Crippen LogP contribution is 2.32. The summed E-state index contributed by atoms with van der Waals surface area (Å²) in [5.41, 5.74) is 3.43. The van der Waals surface area contributed by atoms with Gasteiger partial charge in [-0.05, 0) is 17.9 Å². The van der Waals surface area contributed by atoms with Crippen molar-refractivity contribution in [2.24, 2.45) is 5.92 Å². The first-order valence-electron chi connectivity index (χ1n) is 10.1. The largest absolute Gasteiger partial charge is 0.289 e. The van der Waals surface area contributed by atoms with Gasteiger partial charge in [0.1, 0.15) is 0 Å². The number of carbonyl (C=O) groups is 2. The zero-order valence-corrected chi connectivity index (χ0v) is 15.3. The minimum absolute atomic E-state index is 0.00786. The Labute approximate surface area is 155 Å². The molecule has 0 bridgehead atoms. The fourth-order valence-corrected chi connectivity index (χ4v) is 4.62. The zero-order valence-electron chi connectivity index (χ0n) is 15.3. The number of hydrogen-bond acceptors (Lipinski definition) is 2. The highest BCUT2D eigenvalue weighted by molar-refractivity contribution is 6.28. The second kappa shape index (κ2) is 7.57. The first kappa shape index (κ1) is 17.2. The highest BCUT2D eigenvalue weighted by atomic mass is 16.1. The first-order valence-corrected chi connectivity index (χ1v) is 10.1. The minimum Gasteiger partial charge on any atom is -0.289 e. The van der Waals surface area contributed by atoms with E-state index in [1.165, 1.54) is 51.4 Å². The summed E-state index contributed by atoms with van der Waals surface area (Å²) in [5.74, 6) is 0.639. The average molecular weight is 346 g/mol. The van der Waals surface area contributed by atoms with Crippen molar-refractivity contribution < 1.29 is 9.59 Å². The van der Waals surface area contributed by atoms with Crippen LogP contribution in [0.25, 0.3) is 0 Å². The summed E-state index contributed by atoms with van der Waals surface area (Å²) < 4.78 is 0. The molecule has 0 atom stereocenters. The van der Waals surface area contributed by atoms with Gasteiger partial charge in [0.05, 0.1) is 0 Å². The van der Waals surface area contributed by atoms with Crippen LogP contribution < -0.4 is 0 Å². The van der Waals surface area contributed by atoms with Crippen LogP contribution >= 0.6 is 0 Å². The van der Waals surface area contributed by atoms with Crippen LogP contribution in [-0.2, 0) is 6.42 Å². The molecule has 2 aliphatic rings. The Morgan fingerprint density at radius 1 is 0.654 bits per heavy atom. The van der Waals surface area contributed by atoms with Gasteiger partial charge >= 0.3 is 0 Å². The lowest BCUT2D eigenvalue weighted by atomic mass is 9.79. The summed E-state index contributed by atoms with van der Waals surface area (Å²) in [6, 6.07) is 13.1. The van der Waals surface area contributed by atoms with Gasteiger partial charge in [0.2, 0.25) is 0 Å². The van der Waals surface area contributed by atoms with Gasteiger partial charge in [-0.2, -0.15) is 0 Å². The predicted molar refractivity (Wildman–Crippen MR) is 104 cm³/mol. The molecule has 2 heteroatoms. The molecular formula is C24H26O2. The summed E-state index contributed by atoms with van der Waals surface area (Å²) in [6.07, 6.45) is 11.3. The molecular weight excluding hydrogens is 320 g/mol. The second-order valence-electron chi connectivity index (χ2n) is 7.81. The smallest absolute Gasteiger partial charge is 0.194 e. The molecule has 0 heterocycles. The number of rotatable bonds is 2. The fourth-order valence-electron chi connectivity index (χ4n) is 4.62. The van der Waals surface area contributed by atoms with Gasteiger partial charge < -0.3 is 0 Å². The molecule has 2 aromatic rings. The van der Waals surface area contributed by atoms with Gasteiger partial charge in [0, 0.05) is 22.3 Å². The molecule has 0 aliphatic heterocycles. The van der Waals surface area contributed by atoms with Crippen molar-refractivity contribution in [3.63, 3.8) is 0 Å². The molecule has 0 amide bonds. The molecule has 0 aromatic heterocycles. The summed E-state index contributed by atoms with van der Waals surface area (Å²) >= 11 is 0. The average Bonchev–Trinajstić information content (AvgIpc) is 2.80. The van der Waals surface area contributed by atoms with Crippen molar-refractivity contribution in [3.8, 4) is 0 Å². The van der Waals surface area contributed by atoms with Gasteiger partial charge in [-0.3, -0.25) is 9.59 Å². The Balaban J connectivity index is 1.67. The standard InChI is InChI=1S/C24H26O2/c25-23-19-13-7-8-14-20(19)24(26)22-18(12-9-15-21(22)23)16-17-10-5-3-1-2-4-6-11-17/h7-9,12-15,17H,1-6,10-11,16H2. The van der Waals surface area contributed by atoms with E-state index in [4.69, 9.17) is 0 Å². The van der Waals surface area contributed by atoms with Crippen molar-refractivity contribution in [2.45, 2.75) is 57.8 Å². The van der Waals surface area contributed by atoms with E-state index in [-0.39, 0.29) is 11.6 Å². The Hall–Kier alpha value is -2.22. The van der Waals surface area contributed by atoms with E-state index in [0.29, 0.717) is 28.2 Å². The summed E-state index contributed by atoms with van der Waals surface area (Å²) in [6.45, 7) is 0. The normalized spacial score (nSPS) is 18.5. The van der Waals surface area contributed by atoms with Crippen LogP contribution in [-0.4, -0.2) is 11.6 Å². The molecule has 1 saturated carbocycles. The van der Waals surface area contributed by atoms with Crippen molar-refractivity contribution in [1.82, 2.24) is 0 Å². The summed E-state index contributed by atoms with van der Waals surface area (Å²) in [7, 11) is 0. The van der Waals surface area contributed by atoms with Crippen molar-refractivity contribution in [2.75, 3.05) is 0 Å². The molecule has 0 unspecified atom stereocenters. The lowest BCUT2D eigenvalue weighted by Crippen LogP contribution is -2.23. The molecule has 134 valence electrons. The molecule has 0 saturated heterocycles. The number of carbonyl (C=O) groups excluding carboxylic acids is 2. The van der Waals surface area contributed by atoms with Crippen LogP contribution in [0.1, 0.15) is 88.8 Å². The molecule has 1 fully saturated rings. The maximum atomic E-state index is 13.1. The van der Waals surface area contributed by atoms with E-state index in [1.807, 2.05) is 24.3 Å². The Morgan fingerprint density at radius 3 is 1.92 bits per heavy atom. The number of ketones is 2. The van der Waals surface area contributed by atoms with Crippen LogP contribution in [0, 0.1) is 5.92 Å². The van der Waals surface area contributed by atoms with Gasteiger partial charge in [-0.15, -0.1) is 0 Å². The van der Waals surface area contributed by atoms with Gasteiger partial charge in [-0.1, -0.05) is 93.8 Å². The molecule has 0 spiro atoms. The van der Waals surface area contributed by atoms with Crippen LogP contribution in [0.2, 0.25) is 0 Å². The molecule has 0 N–H and O–H groups in total. The molecule has 0 radical (unpaired) electrons. The number of fused-ring (bicyclic) bond motifs is 2. The SMILES string of the molecule is O=C1c2ccccc2C(=O)c2c(CC3CCCCCCCC3)cccc21. The van der Waals surface area contributed by atoms with Crippen molar-refractivity contribution >= 4 is 11.6 Å². The van der Waals surface area contributed by atoms with E-state index in [1.54, 1.807) is 12.1 Å². The Bertz CT molecular complexity index is 824. The molecule has 2 aromatic carbocycles. The fraction of sp³-hybridized carbons (Fsp3) is 0.417. The predicted octanol–water partition coefficient (Wildman–Crippen LogP) is 5.76. The molecule has 2 aliphatic carbocycles. The Morgan fingerprint density at radius 2 is 1.23 bits per heavy atom. The lowest BCUT2D eigenvalue weighted by Gasteiger charge is -2.23. The van der Waals surface area contributed by atoms with Gasteiger partial charge in [-0.25, -0.2) is 0 Å². The monoisotopic (exact) mass is 346 g/mol. The molecule has 26 heavy (non-hydrogen) atoms. The van der Waals surface area contributed by atoms with E-state index in [9.17, 15) is 9.59 Å². The number of benzene rings is 2. The van der Waals surface area contributed by atoms with E-state index >= 15 is 0 Å². The highest BCUT2D eigenvalue weighted by Gasteiger charge is 2.31. The van der Waals surface area contributed by atoms with Crippen LogP contribution in [0.3, 0.4) is 0 Å². The van der Waals surface area contributed by atoms with Crippen molar-refractivity contribution in [1.29, 1.82) is 0 Å².